The van der Waals surface area contributed by atoms with E-state index in [4.69, 9.17) is 41.2 Å². The van der Waals surface area contributed by atoms with E-state index in [1.807, 2.05) is 0 Å². The van der Waals surface area contributed by atoms with Gasteiger partial charge in [-0.05, 0) is 61.7 Å². The average Bonchev–Trinajstić information content (AvgIpc) is 3.00. The number of ether oxygens (including phenoxy) is 4. The zero-order valence-electron chi connectivity index (χ0n) is 25.7. The van der Waals surface area contributed by atoms with Crippen molar-refractivity contribution in [3.8, 4) is 22.3 Å². The number of H-pyrrole nitrogens is 2. The largest absolute Gasteiger partial charge is 0.462 e. The van der Waals surface area contributed by atoms with Gasteiger partial charge < -0.3 is 40.4 Å². The molecule has 0 unspecified atom stereocenters. The van der Waals surface area contributed by atoms with Gasteiger partial charge in [0.2, 0.25) is 0 Å². The molecule has 4 rings (SSSR count). The summed E-state index contributed by atoms with van der Waals surface area (Å²) in [6, 6.07) is 10.0. The van der Waals surface area contributed by atoms with Crippen LogP contribution in [0.4, 0.5) is 11.6 Å². The fourth-order valence-corrected chi connectivity index (χ4v) is 5.07. The Bertz CT molecular complexity index is 1860. The van der Waals surface area contributed by atoms with Crippen LogP contribution in [0.2, 0.25) is 0 Å². The van der Waals surface area contributed by atoms with Crippen LogP contribution < -0.4 is 22.4 Å². The van der Waals surface area contributed by atoms with Crippen molar-refractivity contribution >= 4 is 46.3 Å². The van der Waals surface area contributed by atoms with Crippen molar-refractivity contribution in [1.82, 2.24) is 9.97 Å². The molecule has 46 heavy (non-hydrogen) atoms. The highest BCUT2D eigenvalue weighted by atomic mass is 16.5. The highest BCUT2D eigenvalue weighted by molar-refractivity contribution is 6.11. The maximum Gasteiger partial charge on any atom is 0.342 e. The minimum atomic E-state index is -0.852. The van der Waals surface area contributed by atoms with E-state index in [0.717, 1.165) is 0 Å². The summed E-state index contributed by atoms with van der Waals surface area (Å²) in [5.41, 5.74) is 11.5. The van der Waals surface area contributed by atoms with Gasteiger partial charge in [0.25, 0.3) is 0 Å². The Kier molecular flexibility index (Phi) is 9.90. The van der Waals surface area contributed by atoms with Crippen molar-refractivity contribution in [2.75, 3.05) is 37.9 Å². The predicted octanol–water partition coefficient (Wildman–Crippen LogP) is 3.66. The van der Waals surface area contributed by atoms with Gasteiger partial charge in [-0.25, -0.2) is 19.2 Å². The second-order valence-electron chi connectivity index (χ2n) is 9.74. The summed E-state index contributed by atoms with van der Waals surface area (Å²) >= 11 is 0. The molecule has 0 aliphatic rings. The molecule has 0 radical (unpaired) electrons. The smallest absolute Gasteiger partial charge is 0.342 e. The van der Waals surface area contributed by atoms with E-state index in [9.17, 15) is 19.2 Å². The first-order valence-electron chi connectivity index (χ1n) is 14.4. The standard InChI is InChI=1S/C32H34N6O8/c1-5-43-29(39)21-19(22(30(40)44-6-2)26(34)37-25(21)33)16-11-9-15-10-12-17(14-18(15)13-16)20-23(31(41)45-7-3)27(35)38-28(36)24(20)32(42)46-8-4/h9-14H,5-8H2,1-4H3,(H4,33,34,37)(H4,35,36,38). The molecule has 14 nitrogen and oxygen atoms in total. The Hall–Kier alpha value is -5.92. The molecule has 0 aliphatic carbocycles. The quantitative estimate of drug-likeness (QED) is 0.110. The molecule has 8 N–H and O–H groups in total. The second kappa shape index (κ2) is 13.8. The van der Waals surface area contributed by atoms with Gasteiger partial charge in [-0.3, -0.25) is 10.8 Å². The minimum Gasteiger partial charge on any atom is -0.462 e. The lowest BCUT2D eigenvalue weighted by atomic mass is 9.91. The van der Waals surface area contributed by atoms with E-state index in [1.54, 1.807) is 64.1 Å². The van der Waals surface area contributed by atoms with Crippen LogP contribution in [0, 0.1) is 10.8 Å². The number of pyridine rings is 2. The molecule has 14 heteroatoms. The van der Waals surface area contributed by atoms with Crippen LogP contribution in [0.5, 0.6) is 0 Å². The van der Waals surface area contributed by atoms with Crippen molar-refractivity contribution in [3.05, 3.63) is 69.6 Å². The minimum absolute atomic E-state index is 0.0130. The molecule has 0 aliphatic heterocycles. The molecular weight excluding hydrogens is 596 g/mol. The monoisotopic (exact) mass is 630 g/mol. The molecule has 240 valence electrons. The summed E-state index contributed by atoms with van der Waals surface area (Å²) in [4.78, 5) is 57.6. The molecule has 4 aromatic rings. The van der Waals surface area contributed by atoms with Crippen LogP contribution in [-0.4, -0.2) is 60.3 Å². The summed E-state index contributed by atoms with van der Waals surface area (Å²) in [5.74, 6) is -3.70. The maximum atomic E-state index is 13.1. The van der Waals surface area contributed by atoms with E-state index in [-0.39, 0.29) is 82.4 Å². The van der Waals surface area contributed by atoms with Gasteiger partial charge in [0.05, 0.1) is 26.4 Å². The molecule has 2 aromatic carbocycles. The van der Waals surface area contributed by atoms with Crippen LogP contribution in [0.25, 0.3) is 33.0 Å². The Labute approximate surface area is 262 Å². The zero-order chi connectivity index (χ0) is 33.7. The van der Waals surface area contributed by atoms with Crippen LogP contribution in [0.15, 0.2) is 36.4 Å². The number of aromatic amines is 2. The molecule has 0 bridgehead atoms. The number of hydrogen-bond acceptors (Lipinski definition) is 12. The molecular formula is C32H34N6O8. The number of rotatable bonds is 10. The molecule has 0 amide bonds. The van der Waals surface area contributed by atoms with Gasteiger partial charge in [0, 0.05) is 11.1 Å². The Morgan fingerprint density at radius 3 is 1.22 bits per heavy atom. The SMILES string of the molecule is CCOC(=O)c1c(N)[nH]c(=N)c(C(=O)OCC)c1-c1ccc2ccc(-c3c(C(=O)OCC)c(N)[nH]c(=N)c3C(=O)OCC)cc2c1. The Morgan fingerprint density at radius 2 is 0.891 bits per heavy atom. The topological polar surface area (TPSA) is 237 Å². The first-order chi connectivity index (χ1) is 22.0. The average molecular weight is 631 g/mol. The fourth-order valence-electron chi connectivity index (χ4n) is 5.07. The predicted molar refractivity (Wildman–Crippen MR) is 168 cm³/mol. The van der Waals surface area contributed by atoms with Crippen molar-refractivity contribution in [3.63, 3.8) is 0 Å². The summed E-state index contributed by atoms with van der Waals surface area (Å²) < 4.78 is 20.9. The van der Waals surface area contributed by atoms with Crippen molar-refractivity contribution < 1.29 is 38.1 Å². The van der Waals surface area contributed by atoms with Crippen LogP contribution in [0.1, 0.15) is 69.1 Å². The molecule has 2 heterocycles. The number of nitrogens with two attached hydrogens (primary N) is 2. The van der Waals surface area contributed by atoms with Gasteiger partial charge >= 0.3 is 23.9 Å². The highest BCUT2D eigenvalue weighted by Gasteiger charge is 2.29. The van der Waals surface area contributed by atoms with Gasteiger partial charge in [0.15, 0.2) is 0 Å². The lowest BCUT2D eigenvalue weighted by Gasteiger charge is -2.18. The summed E-state index contributed by atoms with van der Waals surface area (Å²) in [7, 11) is 0. The Balaban J connectivity index is 2.08. The second-order valence-corrected chi connectivity index (χ2v) is 9.74. The zero-order valence-corrected chi connectivity index (χ0v) is 25.7. The molecule has 0 saturated heterocycles. The number of hydrogen-bond donors (Lipinski definition) is 6. The molecule has 0 spiro atoms. The van der Waals surface area contributed by atoms with Gasteiger partial charge in [-0.15, -0.1) is 0 Å². The molecule has 0 saturated carbocycles. The maximum absolute atomic E-state index is 13.1. The lowest BCUT2D eigenvalue weighted by molar-refractivity contribution is 0.0506. The van der Waals surface area contributed by atoms with Crippen molar-refractivity contribution in [1.29, 1.82) is 10.8 Å². The summed E-state index contributed by atoms with van der Waals surface area (Å²) in [5, 5.41) is 18.2. The number of carbonyl (C=O) groups is 4. The third kappa shape index (κ3) is 6.18. The third-order valence-corrected chi connectivity index (χ3v) is 6.89. The summed E-state index contributed by atoms with van der Waals surface area (Å²) in [6.07, 6.45) is 0. The number of fused-ring (bicyclic) bond motifs is 1. The number of carbonyl (C=O) groups excluding carboxylic acids is 4. The van der Waals surface area contributed by atoms with Crippen LogP contribution in [0.3, 0.4) is 0 Å². The van der Waals surface area contributed by atoms with Gasteiger partial charge in [-0.1, -0.05) is 24.3 Å². The normalized spacial score (nSPS) is 10.8. The molecule has 0 fully saturated rings. The van der Waals surface area contributed by atoms with Crippen LogP contribution >= 0.6 is 0 Å². The fraction of sp³-hybridized carbons (Fsp3) is 0.250. The summed E-state index contributed by atoms with van der Waals surface area (Å²) in [6.45, 7) is 6.53. The van der Waals surface area contributed by atoms with E-state index in [2.05, 4.69) is 9.97 Å². The number of nitrogen functional groups attached to an aromatic ring is 2. The number of nitrogens with one attached hydrogen (secondary N) is 4. The van der Waals surface area contributed by atoms with Crippen molar-refractivity contribution in [2.24, 2.45) is 0 Å². The lowest BCUT2D eigenvalue weighted by Crippen LogP contribution is -2.26. The van der Waals surface area contributed by atoms with Crippen molar-refractivity contribution in [2.45, 2.75) is 27.7 Å². The van der Waals surface area contributed by atoms with E-state index < -0.39 is 23.9 Å². The molecule has 0 atom stereocenters. The highest BCUT2D eigenvalue weighted by Crippen LogP contribution is 2.36. The first kappa shape index (κ1) is 33.0. The van der Waals surface area contributed by atoms with Crippen LogP contribution in [-0.2, 0) is 18.9 Å². The van der Waals surface area contributed by atoms with E-state index in [1.165, 1.54) is 0 Å². The number of anilines is 2. The first-order valence-corrected chi connectivity index (χ1v) is 14.4. The molecule has 2 aromatic heterocycles. The third-order valence-electron chi connectivity index (χ3n) is 6.89. The number of benzene rings is 2. The number of aromatic nitrogens is 2. The van der Waals surface area contributed by atoms with E-state index >= 15 is 0 Å². The Morgan fingerprint density at radius 1 is 0.565 bits per heavy atom. The number of esters is 4. The van der Waals surface area contributed by atoms with Gasteiger partial charge in [-0.2, -0.15) is 0 Å². The van der Waals surface area contributed by atoms with E-state index in [0.29, 0.717) is 21.9 Å². The van der Waals surface area contributed by atoms with Gasteiger partial charge in [0.1, 0.15) is 44.9 Å².